The molecule has 10 heteroatoms. The third-order valence-electron chi connectivity index (χ3n) is 2.91. The predicted octanol–water partition coefficient (Wildman–Crippen LogP) is 1.16. The van der Waals surface area contributed by atoms with Gasteiger partial charge in [0.15, 0.2) is 0 Å². The zero-order valence-corrected chi connectivity index (χ0v) is 13.4. The second-order valence-corrected chi connectivity index (χ2v) is 6.73. The summed E-state index contributed by atoms with van der Waals surface area (Å²) in [6.07, 6.45) is -0.502. The van der Waals surface area contributed by atoms with E-state index in [-0.39, 0.29) is 22.1 Å². The Morgan fingerprint density at radius 1 is 1.35 bits per heavy atom. The van der Waals surface area contributed by atoms with E-state index in [0.29, 0.717) is 5.02 Å². The van der Waals surface area contributed by atoms with Crippen LogP contribution in [0, 0.1) is 6.92 Å². The minimum atomic E-state index is -3.96. The highest BCUT2D eigenvalue weighted by molar-refractivity contribution is 7.92. The molecule has 1 heterocycles. The Morgan fingerprint density at radius 2 is 1.96 bits per heavy atom. The normalized spacial score (nSPS) is 11.2. The molecule has 2 rings (SSSR count). The van der Waals surface area contributed by atoms with Crippen molar-refractivity contribution in [2.24, 2.45) is 0 Å². The van der Waals surface area contributed by atoms with Gasteiger partial charge in [-0.05, 0) is 31.2 Å². The summed E-state index contributed by atoms with van der Waals surface area (Å²) in [4.78, 5) is 28.6. The van der Waals surface area contributed by atoms with E-state index in [1.54, 1.807) is 0 Å². The zero-order valence-electron chi connectivity index (χ0n) is 11.8. The fourth-order valence-electron chi connectivity index (χ4n) is 1.82. The highest BCUT2D eigenvalue weighted by atomic mass is 35.5. The van der Waals surface area contributed by atoms with Crippen molar-refractivity contribution < 1.29 is 18.3 Å². The lowest BCUT2D eigenvalue weighted by Gasteiger charge is -2.09. The first-order chi connectivity index (χ1) is 10.7. The average Bonchev–Trinajstić information content (AvgIpc) is 2.42. The number of carboxylic acids is 1. The number of aliphatic carboxylic acids is 1. The van der Waals surface area contributed by atoms with Crippen molar-refractivity contribution in [3.05, 3.63) is 50.9 Å². The quantitative estimate of drug-likeness (QED) is 0.736. The molecule has 122 valence electrons. The van der Waals surface area contributed by atoms with Gasteiger partial charge in [-0.15, -0.1) is 0 Å². The maximum absolute atomic E-state index is 12.2. The van der Waals surface area contributed by atoms with Gasteiger partial charge in [0, 0.05) is 10.6 Å². The Balaban J connectivity index is 2.35. The van der Waals surface area contributed by atoms with Gasteiger partial charge >= 0.3 is 5.97 Å². The Bertz CT molecular complexity index is 906. The molecule has 0 aliphatic rings. The molecule has 0 saturated carbocycles. The molecule has 1 aromatic carbocycles. The topological polar surface area (TPSA) is 129 Å². The van der Waals surface area contributed by atoms with Crippen LogP contribution in [0.15, 0.2) is 34.0 Å². The molecule has 23 heavy (non-hydrogen) atoms. The van der Waals surface area contributed by atoms with Crippen LogP contribution in [0.4, 0.5) is 5.95 Å². The van der Waals surface area contributed by atoms with E-state index in [1.807, 2.05) is 0 Å². The number of aromatic amines is 1. The lowest BCUT2D eigenvalue weighted by molar-refractivity contribution is -0.136. The van der Waals surface area contributed by atoms with Crippen LogP contribution >= 0.6 is 11.6 Å². The molecule has 3 N–H and O–H groups in total. The lowest BCUT2D eigenvalue weighted by Crippen LogP contribution is -2.23. The van der Waals surface area contributed by atoms with Crippen molar-refractivity contribution in [2.45, 2.75) is 18.2 Å². The van der Waals surface area contributed by atoms with E-state index in [4.69, 9.17) is 16.7 Å². The number of rotatable bonds is 5. The fraction of sp³-hybridized carbons (Fsp3) is 0.154. The van der Waals surface area contributed by atoms with E-state index in [1.165, 1.54) is 31.2 Å². The molecule has 0 spiro atoms. The first kappa shape index (κ1) is 17.0. The molecule has 0 bridgehead atoms. The molecule has 0 aliphatic heterocycles. The van der Waals surface area contributed by atoms with Crippen LogP contribution in [0.3, 0.4) is 0 Å². The number of hydrogen-bond acceptors (Lipinski definition) is 5. The summed E-state index contributed by atoms with van der Waals surface area (Å²) in [6.45, 7) is 1.42. The maximum atomic E-state index is 12.2. The predicted molar refractivity (Wildman–Crippen MR) is 83.2 cm³/mol. The zero-order chi connectivity index (χ0) is 17.2. The first-order valence-electron chi connectivity index (χ1n) is 6.29. The van der Waals surface area contributed by atoms with E-state index in [2.05, 4.69) is 14.7 Å². The number of anilines is 1. The average molecular weight is 358 g/mol. The molecular weight excluding hydrogens is 346 g/mol. The van der Waals surface area contributed by atoms with Gasteiger partial charge in [-0.1, -0.05) is 11.6 Å². The molecule has 0 fully saturated rings. The molecular formula is C13H12ClN3O5S. The lowest BCUT2D eigenvalue weighted by atomic mass is 10.2. The molecule has 8 nitrogen and oxygen atoms in total. The van der Waals surface area contributed by atoms with Gasteiger partial charge in [0.05, 0.1) is 17.0 Å². The highest BCUT2D eigenvalue weighted by Crippen LogP contribution is 2.16. The standard InChI is InChI=1S/C13H12ClN3O5S/c1-7-10(6-11(18)19)12(20)16-13(15-7)17-23(21,22)9-4-2-8(14)3-5-9/h2-5H,6H2,1H3,(H,18,19)(H2,15,16,17,20). The number of nitrogens with zero attached hydrogens (tertiary/aromatic N) is 1. The molecule has 0 radical (unpaired) electrons. The van der Waals surface area contributed by atoms with Gasteiger partial charge < -0.3 is 5.11 Å². The molecule has 0 amide bonds. The largest absolute Gasteiger partial charge is 0.481 e. The van der Waals surface area contributed by atoms with Crippen molar-refractivity contribution >= 4 is 33.5 Å². The minimum absolute atomic E-state index is 0.0352. The van der Waals surface area contributed by atoms with Crippen molar-refractivity contribution in [2.75, 3.05) is 4.72 Å². The summed E-state index contributed by atoms with van der Waals surface area (Å²) in [6, 6.07) is 5.42. The Morgan fingerprint density at radius 3 is 2.48 bits per heavy atom. The SMILES string of the molecule is Cc1nc(NS(=O)(=O)c2ccc(Cl)cc2)[nH]c(=O)c1CC(=O)O. The van der Waals surface area contributed by atoms with Crippen LogP contribution < -0.4 is 10.3 Å². The number of carbonyl (C=O) groups is 1. The van der Waals surface area contributed by atoms with Crippen molar-refractivity contribution in [1.82, 2.24) is 9.97 Å². The summed E-state index contributed by atoms with van der Waals surface area (Å²) in [5, 5.41) is 9.12. The van der Waals surface area contributed by atoms with Gasteiger partial charge in [0.2, 0.25) is 5.95 Å². The molecule has 0 atom stereocenters. The summed E-state index contributed by atoms with van der Waals surface area (Å²) >= 11 is 5.70. The van der Waals surface area contributed by atoms with Crippen molar-refractivity contribution in [3.8, 4) is 0 Å². The number of H-pyrrole nitrogens is 1. The summed E-state index contributed by atoms with van der Waals surface area (Å²) < 4.78 is 26.5. The van der Waals surface area contributed by atoms with E-state index >= 15 is 0 Å². The van der Waals surface area contributed by atoms with Gasteiger partial charge in [-0.2, -0.15) is 0 Å². The molecule has 1 aromatic heterocycles. The molecule has 0 saturated heterocycles. The van der Waals surface area contributed by atoms with Gasteiger partial charge in [0.25, 0.3) is 15.6 Å². The number of benzene rings is 1. The number of hydrogen-bond donors (Lipinski definition) is 3. The van der Waals surface area contributed by atoms with Crippen molar-refractivity contribution in [3.63, 3.8) is 0 Å². The van der Waals surface area contributed by atoms with Crippen LogP contribution in [0.2, 0.25) is 5.02 Å². The Hall–Kier alpha value is -2.39. The third-order valence-corrected chi connectivity index (χ3v) is 4.51. The fourth-order valence-corrected chi connectivity index (χ4v) is 2.91. The van der Waals surface area contributed by atoms with Crippen LogP contribution in [0.25, 0.3) is 0 Å². The first-order valence-corrected chi connectivity index (χ1v) is 8.15. The number of aryl methyl sites for hydroxylation is 1. The second kappa shape index (κ2) is 6.39. The Kier molecular flexibility index (Phi) is 4.71. The van der Waals surface area contributed by atoms with Gasteiger partial charge in [-0.3, -0.25) is 14.6 Å². The molecule has 2 aromatic rings. The number of halogens is 1. The van der Waals surface area contributed by atoms with E-state index in [0.717, 1.165) is 0 Å². The number of sulfonamides is 1. The highest BCUT2D eigenvalue weighted by Gasteiger charge is 2.17. The van der Waals surface area contributed by atoms with Crippen LogP contribution in [-0.4, -0.2) is 29.5 Å². The summed E-state index contributed by atoms with van der Waals surface area (Å²) in [5.74, 6) is -1.48. The second-order valence-electron chi connectivity index (χ2n) is 4.61. The van der Waals surface area contributed by atoms with Gasteiger partial charge in [0.1, 0.15) is 0 Å². The number of aromatic nitrogens is 2. The summed E-state index contributed by atoms with van der Waals surface area (Å²) in [7, 11) is -3.96. The molecule has 0 unspecified atom stereocenters. The number of carboxylic acid groups (broad SMARTS) is 1. The Labute approximate surface area is 136 Å². The molecule has 0 aliphatic carbocycles. The van der Waals surface area contributed by atoms with E-state index in [9.17, 15) is 18.0 Å². The van der Waals surface area contributed by atoms with E-state index < -0.39 is 28.0 Å². The summed E-state index contributed by atoms with van der Waals surface area (Å²) in [5.41, 5.74) is -0.620. The third kappa shape index (κ3) is 4.08. The smallest absolute Gasteiger partial charge is 0.308 e. The number of nitrogens with one attached hydrogen (secondary N) is 2. The maximum Gasteiger partial charge on any atom is 0.308 e. The van der Waals surface area contributed by atoms with Crippen LogP contribution in [-0.2, 0) is 21.2 Å². The van der Waals surface area contributed by atoms with Gasteiger partial charge in [-0.25, -0.2) is 18.1 Å². The van der Waals surface area contributed by atoms with Crippen molar-refractivity contribution in [1.29, 1.82) is 0 Å². The minimum Gasteiger partial charge on any atom is -0.481 e. The monoisotopic (exact) mass is 357 g/mol. The van der Waals surface area contributed by atoms with Crippen LogP contribution in [0.1, 0.15) is 11.3 Å². The van der Waals surface area contributed by atoms with Crippen LogP contribution in [0.5, 0.6) is 0 Å².